The van der Waals surface area contributed by atoms with Crippen LogP contribution < -0.4 is 0 Å². The third-order valence-electron chi connectivity index (χ3n) is 4.59. The molecule has 1 saturated carbocycles. The molecule has 0 bridgehead atoms. The molecule has 1 saturated heterocycles. The van der Waals surface area contributed by atoms with Gasteiger partial charge in [0.15, 0.2) is 0 Å². The summed E-state index contributed by atoms with van der Waals surface area (Å²) in [6, 6.07) is 0. The van der Waals surface area contributed by atoms with Gasteiger partial charge in [-0.3, -0.25) is 9.59 Å². The highest BCUT2D eigenvalue weighted by molar-refractivity contribution is 6.32. The first-order chi connectivity index (χ1) is 9.94. The number of carbonyl (C=O) groups excluding carboxylic acids is 2. The Hall–Kier alpha value is -1.65. The molecule has 0 aromatic heterocycles. The SMILES string of the molecule is CCCC/C(O)=C1\C(=O)N(C)C2(CCCC2)C1=NC(C)=O. The zero-order chi connectivity index (χ0) is 15.6. The maximum absolute atomic E-state index is 12.6. The number of hydrogen-bond acceptors (Lipinski definition) is 3. The second kappa shape index (κ2) is 6.00. The summed E-state index contributed by atoms with van der Waals surface area (Å²) in [5.41, 5.74) is 0.273. The molecule has 1 aliphatic carbocycles. The lowest BCUT2D eigenvalue weighted by atomic mass is 9.89. The summed E-state index contributed by atoms with van der Waals surface area (Å²) in [5, 5.41) is 10.3. The molecule has 116 valence electrons. The van der Waals surface area contributed by atoms with E-state index in [0.29, 0.717) is 12.1 Å². The van der Waals surface area contributed by atoms with Gasteiger partial charge in [0.05, 0.1) is 11.3 Å². The molecule has 2 rings (SSSR count). The number of aliphatic hydroxyl groups is 1. The molecular weight excluding hydrogens is 268 g/mol. The van der Waals surface area contributed by atoms with E-state index in [9.17, 15) is 14.7 Å². The van der Waals surface area contributed by atoms with Crippen LogP contribution in [0.5, 0.6) is 0 Å². The third-order valence-corrected chi connectivity index (χ3v) is 4.59. The van der Waals surface area contributed by atoms with Crippen molar-refractivity contribution in [2.75, 3.05) is 7.05 Å². The van der Waals surface area contributed by atoms with E-state index in [1.54, 1.807) is 11.9 Å². The molecule has 1 N–H and O–H groups in total. The normalized spacial score (nSPS) is 25.2. The molecule has 0 aromatic carbocycles. The third kappa shape index (κ3) is 2.61. The maximum Gasteiger partial charge on any atom is 0.259 e. The Balaban J connectivity index is 2.53. The van der Waals surface area contributed by atoms with Crippen LogP contribution in [0.3, 0.4) is 0 Å². The lowest BCUT2D eigenvalue weighted by Crippen LogP contribution is -2.45. The lowest BCUT2D eigenvalue weighted by molar-refractivity contribution is -0.127. The van der Waals surface area contributed by atoms with Crippen LogP contribution in [0.4, 0.5) is 0 Å². The van der Waals surface area contributed by atoms with E-state index in [1.807, 2.05) is 6.92 Å². The van der Waals surface area contributed by atoms with Crippen molar-refractivity contribution in [2.24, 2.45) is 4.99 Å². The number of carbonyl (C=O) groups is 2. The van der Waals surface area contributed by atoms with E-state index in [4.69, 9.17) is 0 Å². The summed E-state index contributed by atoms with van der Waals surface area (Å²) in [5.74, 6) is -0.442. The molecule has 1 heterocycles. The molecule has 5 heteroatoms. The van der Waals surface area contributed by atoms with Crippen molar-refractivity contribution in [1.29, 1.82) is 0 Å². The molecule has 1 spiro atoms. The van der Waals surface area contributed by atoms with E-state index in [2.05, 4.69) is 4.99 Å². The second-order valence-corrected chi connectivity index (χ2v) is 6.01. The Bertz CT molecular complexity index is 514. The molecule has 2 amide bonds. The second-order valence-electron chi connectivity index (χ2n) is 6.01. The first-order valence-corrected chi connectivity index (χ1v) is 7.74. The van der Waals surface area contributed by atoms with E-state index in [0.717, 1.165) is 38.5 Å². The zero-order valence-corrected chi connectivity index (χ0v) is 13.1. The van der Waals surface area contributed by atoms with Gasteiger partial charge in [-0.1, -0.05) is 26.2 Å². The van der Waals surface area contributed by atoms with Crippen LogP contribution in [0.1, 0.15) is 58.8 Å². The molecule has 2 fully saturated rings. The predicted octanol–water partition coefficient (Wildman–Crippen LogP) is 2.76. The summed E-state index contributed by atoms with van der Waals surface area (Å²) >= 11 is 0. The number of aliphatic hydroxyl groups excluding tert-OH is 1. The topological polar surface area (TPSA) is 70.0 Å². The van der Waals surface area contributed by atoms with Crippen molar-refractivity contribution in [2.45, 2.75) is 64.3 Å². The fourth-order valence-corrected chi connectivity index (χ4v) is 3.43. The van der Waals surface area contributed by atoms with Gasteiger partial charge >= 0.3 is 0 Å². The Morgan fingerprint density at radius 2 is 2.00 bits per heavy atom. The smallest absolute Gasteiger partial charge is 0.259 e. The number of hydrogen-bond donors (Lipinski definition) is 1. The van der Waals surface area contributed by atoms with Gasteiger partial charge in [0.25, 0.3) is 5.91 Å². The highest BCUT2D eigenvalue weighted by Crippen LogP contribution is 2.44. The van der Waals surface area contributed by atoms with Gasteiger partial charge in [-0.15, -0.1) is 0 Å². The molecule has 0 aromatic rings. The first-order valence-electron chi connectivity index (χ1n) is 7.74. The summed E-state index contributed by atoms with van der Waals surface area (Å²) in [6.45, 7) is 3.42. The van der Waals surface area contributed by atoms with Crippen LogP contribution in [0, 0.1) is 0 Å². The number of aliphatic imine (C=N–C) groups is 1. The van der Waals surface area contributed by atoms with E-state index < -0.39 is 5.54 Å². The Kier molecular flexibility index (Phi) is 4.49. The minimum Gasteiger partial charge on any atom is -0.511 e. The van der Waals surface area contributed by atoms with E-state index in [1.165, 1.54) is 6.92 Å². The lowest BCUT2D eigenvalue weighted by Gasteiger charge is -2.31. The fraction of sp³-hybridized carbons (Fsp3) is 0.688. The molecule has 1 aliphatic heterocycles. The zero-order valence-electron chi connectivity index (χ0n) is 13.1. The minimum absolute atomic E-state index is 0.0810. The van der Waals surface area contributed by atoms with Gasteiger partial charge < -0.3 is 10.0 Å². The highest BCUT2D eigenvalue weighted by Gasteiger charge is 2.54. The number of amides is 2. The number of nitrogens with zero attached hydrogens (tertiary/aromatic N) is 2. The maximum atomic E-state index is 12.6. The average molecular weight is 292 g/mol. The minimum atomic E-state index is -0.488. The number of likely N-dealkylation sites (N-methyl/N-ethyl adjacent to an activating group) is 1. The number of rotatable bonds is 3. The van der Waals surface area contributed by atoms with Crippen LogP contribution in [0.15, 0.2) is 16.3 Å². The molecule has 2 aliphatic rings. The van der Waals surface area contributed by atoms with Crippen molar-refractivity contribution in [3.8, 4) is 0 Å². The van der Waals surface area contributed by atoms with E-state index in [-0.39, 0.29) is 23.1 Å². The number of likely N-dealkylation sites (tertiary alicyclic amines) is 1. The first kappa shape index (κ1) is 15.7. The molecular formula is C16H24N2O3. The van der Waals surface area contributed by atoms with Crippen molar-refractivity contribution in [3.05, 3.63) is 11.3 Å². The standard InChI is InChI=1S/C16H24N2O3/c1-4-5-8-12(20)13-14(17-11(2)19)16(9-6-7-10-16)18(3)15(13)21/h20H,4-10H2,1-3H3/b13-12+,17-14?. The van der Waals surface area contributed by atoms with Crippen LogP contribution in [0.2, 0.25) is 0 Å². The monoisotopic (exact) mass is 292 g/mol. The Morgan fingerprint density at radius 1 is 1.38 bits per heavy atom. The molecule has 5 nitrogen and oxygen atoms in total. The van der Waals surface area contributed by atoms with Gasteiger partial charge in [-0.2, -0.15) is 0 Å². The van der Waals surface area contributed by atoms with Crippen molar-refractivity contribution in [1.82, 2.24) is 4.90 Å². The van der Waals surface area contributed by atoms with Gasteiger partial charge in [-0.25, -0.2) is 4.99 Å². The van der Waals surface area contributed by atoms with Crippen LogP contribution in [-0.4, -0.2) is 40.1 Å². The van der Waals surface area contributed by atoms with Crippen molar-refractivity contribution < 1.29 is 14.7 Å². The average Bonchev–Trinajstić information content (AvgIpc) is 2.99. The van der Waals surface area contributed by atoms with Gasteiger partial charge in [0.1, 0.15) is 11.3 Å². The summed E-state index contributed by atoms with van der Waals surface area (Å²) in [7, 11) is 1.75. The highest BCUT2D eigenvalue weighted by atomic mass is 16.3. The fourth-order valence-electron chi connectivity index (χ4n) is 3.43. The molecule has 0 radical (unpaired) electrons. The van der Waals surface area contributed by atoms with Crippen LogP contribution >= 0.6 is 0 Å². The van der Waals surface area contributed by atoms with Gasteiger partial charge in [0, 0.05) is 20.4 Å². The summed E-state index contributed by atoms with van der Waals surface area (Å²) in [4.78, 5) is 29.9. The van der Waals surface area contributed by atoms with Crippen molar-refractivity contribution in [3.63, 3.8) is 0 Å². The van der Waals surface area contributed by atoms with Gasteiger partial charge in [-0.05, 0) is 19.3 Å². The molecule has 0 atom stereocenters. The number of unbranched alkanes of at least 4 members (excludes halogenated alkanes) is 1. The largest absolute Gasteiger partial charge is 0.511 e. The molecule has 0 unspecified atom stereocenters. The van der Waals surface area contributed by atoms with Crippen molar-refractivity contribution >= 4 is 17.5 Å². The van der Waals surface area contributed by atoms with Crippen LogP contribution in [-0.2, 0) is 9.59 Å². The quantitative estimate of drug-likeness (QED) is 0.642. The number of allylic oxidation sites excluding steroid dienone is 1. The van der Waals surface area contributed by atoms with E-state index >= 15 is 0 Å². The van der Waals surface area contributed by atoms with Gasteiger partial charge in [0.2, 0.25) is 5.91 Å². The Morgan fingerprint density at radius 3 is 2.52 bits per heavy atom. The molecule has 21 heavy (non-hydrogen) atoms. The Labute approximate surface area is 125 Å². The van der Waals surface area contributed by atoms with Crippen LogP contribution in [0.25, 0.3) is 0 Å². The summed E-state index contributed by atoms with van der Waals surface area (Å²) < 4.78 is 0. The summed E-state index contributed by atoms with van der Waals surface area (Å²) in [6.07, 6.45) is 5.85. The predicted molar refractivity (Wildman–Crippen MR) is 81.3 cm³/mol.